The summed E-state index contributed by atoms with van der Waals surface area (Å²) in [5.74, 6) is 0.738. The summed E-state index contributed by atoms with van der Waals surface area (Å²) < 4.78 is 3.85. The average Bonchev–Trinajstić information content (AvgIpc) is 2.77. The van der Waals surface area contributed by atoms with Crippen LogP contribution in [-0.2, 0) is 0 Å². The van der Waals surface area contributed by atoms with E-state index in [0.717, 1.165) is 18.0 Å². The Labute approximate surface area is 96.2 Å². The fourth-order valence-corrected chi connectivity index (χ4v) is 2.31. The molecule has 0 saturated carbocycles. The third-order valence-corrected chi connectivity index (χ3v) is 3.41. The Morgan fingerprint density at radius 3 is 2.80 bits per heavy atom. The van der Waals surface area contributed by atoms with Crippen LogP contribution in [0.25, 0.3) is 0 Å². The van der Waals surface area contributed by atoms with Crippen LogP contribution >= 0.6 is 11.5 Å². The van der Waals surface area contributed by atoms with Gasteiger partial charge in [0.25, 0.3) is 0 Å². The molecule has 2 atom stereocenters. The molecule has 1 rings (SSSR count). The molecule has 0 aliphatic heterocycles. The van der Waals surface area contributed by atoms with Crippen molar-refractivity contribution in [1.29, 1.82) is 0 Å². The zero-order chi connectivity index (χ0) is 11.1. The van der Waals surface area contributed by atoms with Crippen LogP contribution in [-0.4, -0.2) is 9.59 Å². The van der Waals surface area contributed by atoms with E-state index in [1.807, 2.05) is 5.38 Å². The molecule has 86 valence electrons. The van der Waals surface area contributed by atoms with Gasteiger partial charge in [0.2, 0.25) is 0 Å². The second-order valence-corrected chi connectivity index (χ2v) is 4.70. The predicted octanol–water partition coefficient (Wildman–Crippen LogP) is 3.14. The van der Waals surface area contributed by atoms with E-state index in [1.54, 1.807) is 0 Å². The molecule has 1 aromatic heterocycles. The van der Waals surface area contributed by atoms with Crippen molar-refractivity contribution in [3.8, 4) is 0 Å². The first kappa shape index (κ1) is 12.6. The maximum Gasteiger partial charge on any atom is 0.0922 e. The van der Waals surface area contributed by atoms with E-state index in [1.165, 1.54) is 37.2 Å². The molecule has 3 nitrogen and oxygen atoms in total. The number of nitrogens with zero attached hydrogens (tertiary/aromatic N) is 2. The van der Waals surface area contributed by atoms with Crippen molar-refractivity contribution in [2.45, 2.75) is 52.0 Å². The standard InChI is InChI=1S/C11H21N3S/c1-3-5-6-9(4-2)7-10(12)11-8-15-14-13-11/h8-10H,3-7,12H2,1-2H3. The van der Waals surface area contributed by atoms with Gasteiger partial charge in [-0.15, -0.1) is 5.10 Å². The van der Waals surface area contributed by atoms with Crippen molar-refractivity contribution < 1.29 is 0 Å². The molecule has 15 heavy (non-hydrogen) atoms. The van der Waals surface area contributed by atoms with Crippen molar-refractivity contribution in [2.75, 3.05) is 0 Å². The Morgan fingerprint density at radius 2 is 2.27 bits per heavy atom. The topological polar surface area (TPSA) is 51.8 Å². The number of aromatic nitrogens is 2. The summed E-state index contributed by atoms with van der Waals surface area (Å²) in [6, 6.07) is 0.0746. The van der Waals surface area contributed by atoms with E-state index in [-0.39, 0.29) is 6.04 Å². The first-order chi connectivity index (χ1) is 7.27. The summed E-state index contributed by atoms with van der Waals surface area (Å²) in [5, 5.41) is 5.98. The summed E-state index contributed by atoms with van der Waals surface area (Å²) in [7, 11) is 0. The van der Waals surface area contributed by atoms with Gasteiger partial charge in [0.05, 0.1) is 11.7 Å². The molecular formula is C11H21N3S. The van der Waals surface area contributed by atoms with Gasteiger partial charge in [-0.3, -0.25) is 0 Å². The van der Waals surface area contributed by atoms with Gasteiger partial charge in [-0.25, -0.2) is 0 Å². The van der Waals surface area contributed by atoms with E-state index in [4.69, 9.17) is 5.73 Å². The maximum absolute atomic E-state index is 6.09. The molecule has 0 aliphatic carbocycles. The molecule has 0 radical (unpaired) electrons. The van der Waals surface area contributed by atoms with Gasteiger partial charge in [-0.05, 0) is 23.9 Å². The van der Waals surface area contributed by atoms with Crippen LogP contribution < -0.4 is 5.73 Å². The lowest BCUT2D eigenvalue weighted by atomic mass is 9.91. The molecule has 0 spiro atoms. The van der Waals surface area contributed by atoms with Crippen molar-refractivity contribution in [2.24, 2.45) is 11.7 Å². The number of unbranched alkanes of at least 4 members (excludes halogenated alkanes) is 1. The highest BCUT2D eigenvalue weighted by atomic mass is 32.1. The molecule has 0 amide bonds. The van der Waals surface area contributed by atoms with Crippen LogP contribution in [0.15, 0.2) is 5.38 Å². The van der Waals surface area contributed by atoms with Crippen LogP contribution in [0.4, 0.5) is 0 Å². The van der Waals surface area contributed by atoms with E-state index in [0.29, 0.717) is 0 Å². The fourth-order valence-electron chi connectivity index (χ4n) is 1.79. The van der Waals surface area contributed by atoms with Crippen molar-refractivity contribution >= 4 is 11.5 Å². The fraction of sp³-hybridized carbons (Fsp3) is 0.818. The zero-order valence-electron chi connectivity index (χ0n) is 9.65. The van der Waals surface area contributed by atoms with Gasteiger partial charge in [0.1, 0.15) is 0 Å². The summed E-state index contributed by atoms with van der Waals surface area (Å²) >= 11 is 1.38. The minimum absolute atomic E-state index is 0.0746. The minimum atomic E-state index is 0.0746. The predicted molar refractivity (Wildman–Crippen MR) is 64.8 cm³/mol. The summed E-state index contributed by atoms with van der Waals surface area (Å²) in [5.41, 5.74) is 7.05. The van der Waals surface area contributed by atoms with Crippen molar-refractivity contribution in [3.63, 3.8) is 0 Å². The highest BCUT2D eigenvalue weighted by Crippen LogP contribution is 2.24. The minimum Gasteiger partial charge on any atom is -0.323 e. The summed E-state index contributed by atoms with van der Waals surface area (Å²) in [4.78, 5) is 0. The maximum atomic E-state index is 6.09. The van der Waals surface area contributed by atoms with E-state index in [2.05, 4.69) is 23.4 Å². The van der Waals surface area contributed by atoms with E-state index in [9.17, 15) is 0 Å². The van der Waals surface area contributed by atoms with Gasteiger partial charge in [-0.2, -0.15) is 0 Å². The Balaban J connectivity index is 2.37. The highest BCUT2D eigenvalue weighted by Gasteiger charge is 2.14. The Morgan fingerprint density at radius 1 is 1.47 bits per heavy atom. The molecule has 0 aliphatic rings. The quantitative estimate of drug-likeness (QED) is 0.778. The molecular weight excluding hydrogens is 206 g/mol. The summed E-state index contributed by atoms with van der Waals surface area (Å²) in [6.07, 6.45) is 6.12. The SMILES string of the molecule is CCCCC(CC)CC(N)c1csnn1. The number of hydrogen-bond donors (Lipinski definition) is 1. The molecule has 0 bridgehead atoms. The Kier molecular flexibility index (Phi) is 5.79. The van der Waals surface area contributed by atoms with Crippen LogP contribution in [0.5, 0.6) is 0 Å². The van der Waals surface area contributed by atoms with Crippen molar-refractivity contribution in [1.82, 2.24) is 9.59 Å². The molecule has 2 N–H and O–H groups in total. The van der Waals surface area contributed by atoms with Gasteiger partial charge in [0, 0.05) is 5.38 Å². The van der Waals surface area contributed by atoms with Crippen LogP contribution in [0, 0.1) is 5.92 Å². The summed E-state index contributed by atoms with van der Waals surface area (Å²) in [6.45, 7) is 4.48. The second-order valence-electron chi connectivity index (χ2n) is 4.09. The number of nitrogens with two attached hydrogens (primary N) is 1. The molecule has 4 heteroatoms. The lowest BCUT2D eigenvalue weighted by Gasteiger charge is -2.17. The smallest absolute Gasteiger partial charge is 0.0922 e. The third kappa shape index (κ3) is 4.26. The lowest BCUT2D eigenvalue weighted by molar-refractivity contribution is 0.385. The van der Waals surface area contributed by atoms with Gasteiger partial charge < -0.3 is 5.73 Å². The molecule has 0 fully saturated rings. The number of hydrogen-bond acceptors (Lipinski definition) is 4. The van der Waals surface area contributed by atoms with E-state index < -0.39 is 0 Å². The molecule has 0 aromatic carbocycles. The molecule has 1 heterocycles. The van der Waals surface area contributed by atoms with Crippen molar-refractivity contribution in [3.05, 3.63) is 11.1 Å². The Hall–Kier alpha value is -0.480. The Bertz CT molecular complexity index is 248. The first-order valence-corrected chi connectivity index (χ1v) is 6.64. The molecule has 0 saturated heterocycles. The molecule has 1 aromatic rings. The van der Waals surface area contributed by atoms with Gasteiger partial charge in [-0.1, -0.05) is 44.0 Å². The normalized spacial score (nSPS) is 15.1. The number of rotatable bonds is 7. The largest absolute Gasteiger partial charge is 0.323 e. The van der Waals surface area contributed by atoms with Crippen LogP contribution in [0.1, 0.15) is 57.7 Å². The lowest BCUT2D eigenvalue weighted by Crippen LogP contribution is -2.15. The van der Waals surface area contributed by atoms with Gasteiger partial charge >= 0.3 is 0 Å². The van der Waals surface area contributed by atoms with E-state index >= 15 is 0 Å². The second kappa shape index (κ2) is 6.90. The average molecular weight is 227 g/mol. The molecule has 2 unspecified atom stereocenters. The van der Waals surface area contributed by atoms with Gasteiger partial charge in [0.15, 0.2) is 0 Å². The van der Waals surface area contributed by atoms with Crippen LogP contribution in [0.3, 0.4) is 0 Å². The monoisotopic (exact) mass is 227 g/mol. The first-order valence-electron chi connectivity index (χ1n) is 5.80. The highest BCUT2D eigenvalue weighted by molar-refractivity contribution is 7.03. The zero-order valence-corrected chi connectivity index (χ0v) is 10.5. The third-order valence-electron chi connectivity index (χ3n) is 2.89. The van der Waals surface area contributed by atoms with Crippen LogP contribution in [0.2, 0.25) is 0 Å².